The summed E-state index contributed by atoms with van der Waals surface area (Å²) >= 11 is 0. The second-order valence-corrected chi connectivity index (χ2v) is 3.80. The molecule has 1 aromatic carbocycles. The molecule has 86 valence electrons. The number of nitro groups is 1. The minimum absolute atomic E-state index is 0.0131. The van der Waals surface area contributed by atoms with Crippen molar-refractivity contribution < 1.29 is 9.66 Å². The van der Waals surface area contributed by atoms with Crippen LogP contribution in [0.2, 0.25) is 0 Å². The highest BCUT2D eigenvalue weighted by molar-refractivity contribution is 5.52. The van der Waals surface area contributed by atoms with Crippen LogP contribution in [0.3, 0.4) is 0 Å². The van der Waals surface area contributed by atoms with Crippen LogP contribution in [0.25, 0.3) is 0 Å². The van der Waals surface area contributed by atoms with Crippen molar-refractivity contribution in [2.45, 2.75) is 19.4 Å². The predicted octanol–water partition coefficient (Wildman–Crippen LogP) is 2.26. The Balaban J connectivity index is 3.16. The van der Waals surface area contributed by atoms with Crippen molar-refractivity contribution in [3.63, 3.8) is 0 Å². The molecular weight excluding hydrogens is 220 g/mol. The van der Waals surface area contributed by atoms with E-state index in [1.54, 1.807) is 19.9 Å². The molecule has 0 saturated heterocycles. The number of benzene rings is 1. The maximum atomic E-state index is 10.7. The highest BCUT2D eigenvalue weighted by atomic mass is 16.6. The fraction of sp³-hybridized carbons (Fsp3) is 0.250. The van der Waals surface area contributed by atoms with Crippen LogP contribution in [-0.2, 0) is 0 Å². The van der Waals surface area contributed by atoms with Crippen molar-refractivity contribution in [3.05, 3.63) is 33.9 Å². The third-order valence-corrected chi connectivity index (χ3v) is 2.01. The quantitative estimate of drug-likeness (QED) is 0.453. The Hall–Kier alpha value is -2.53. The lowest BCUT2D eigenvalue weighted by atomic mass is 10.1. The third-order valence-electron chi connectivity index (χ3n) is 2.01. The smallest absolute Gasteiger partial charge is 0.290 e. The minimum atomic E-state index is -0.859. The van der Waals surface area contributed by atoms with Gasteiger partial charge in [-0.25, -0.2) is 0 Å². The molecule has 0 N–H and O–H groups in total. The van der Waals surface area contributed by atoms with Crippen LogP contribution in [0.15, 0.2) is 18.2 Å². The number of hydrogen-bond acceptors (Lipinski definition) is 4. The van der Waals surface area contributed by atoms with Crippen molar-refractivity contribution >= 4 is 5.69 Å². The van der Waals surface area contributed by atoms with E-state index in [1.165, 1.54) is 18.2 Å². The molecule has 0 atom stereocenters. The largest absolute Gasteiger partial charge is 0.475 e. The average Bonchev–Trinajstić information content (AvgIpc) is 2.28. The molecule has 0 aromatic heterocycles. The van der Waals surface area contributed by atoms with Crippen molar-refractivity contribution in [1.82, 2.24) is 0 Å². The zero-order valence-electron chi connectivity index (χ0n) is 9.43. The molecule has 0 fully saturated rings. The van der Waals surface area contributed by atoms with Gasteiger partial charge in [0.2, 0.25) is 0 Å². The van der Waals surface area contributed by atoms with Crippen LogP contribution < -0.4 is 4.74 Å². The number of nitro benzene ring substituents is 1. The van der Waals surface area contributed by atoms with Gasteiger partial charge in [-0.2, -0.15) is 5.26 Å². The van der Waals surface area contributed by atoms with Crippen LogP contribution in [0.4, 0.5) is 5.69 Å². The fourth-order valence-corrected chi connectivity index (χ4v) is 1.14. The summed E-state index contributed by atoms with van der Waals surface area (Å²) in [5.74, 6) is 2.67. The topological polar surface area (TPSA) is 76.2 Å². The Kier molecular flexibility index (Phi) is 3.35. The first-order chi connectivity index (χ1) is 7.89. The Labute approximate surface area is 98.8 Å². The number of nitriles is 1. The summed E-state index contributed by atoms with van der Waals surface area (Å²) in [5.41, 5.74) is -1.17. The average molecular weight is 230 g/mol. The van der Waals surface area contributed by atoms with Gasteiger partial charge in [0, 0.05) is 0 Å². The van der Waals surface area contributed by atoms with E-state index < -0.39 is 10.5 Å². The van der Waals surface area contributed by atoms with Gasteiger partial charge in [-0.15, -0.1) is 6.42 Å². The summed E-state index contributed by atoms with van der Waals surface area (Å²) < 4.78 is 5.39. The molecule has 0 aliphatic carbocycles. The molecule has 0 unspecified atom stereocenters. The maximum absolute atomic E-state index is 10.7. The lowest BCUT2D eigenvalue weighted by Gasteiger charge is -2.19. The van der Waals surface area contributed by atoms with Gasteiger partial charge in [-0.3, -0.25) is 10.1 Å². The number of nitrogens with zero attached hydrogens (tertiary/aromatic N) is 2. The van der Waals surface area contributed by atoms with Crippen LogP contribution in [-0.4, -0.2) is 10.5 Å². The summed E-state index contributed by atoms with van der Waals surface area (Å²) in [6.45, 7) is 3.33. The van der Waals surface area contributed by atoms with E-state index in [9.17, 15) is 10.1 Å². The fourth-order valence-electron chi connectivity index (χ4n) is 1.14. The zero-order valence-corrected chi connectivity index (χ0v) is 9.43. The van der Waals surface area contributed by atoms with Crippen molar-refractivity contribution in [2.75, 3.05) is 0 Å². The number of terminal acetylenes is 1. The van der Waals surface area contributed by atoms with E-state index in [0.29, 0.717) is 0 Å². The summed E-state index contributed by atoms with van der Waals surface area (Å²) in [6.07, 6.45) is 5.25. The Morgan fingerprint density at radius 2 is 2.18 bits per heavy atom. The molecule has 5 heteroatoms. The Bertz CT molecular complexity index is 536. The maximum Gasteiger partial charge on any atom is 0.290 e. The second kappa shape index (κ2) is 4.54. The molecule has 0 heterocycles. The molecule has 0 bridgehead atoms. The van der Waals surface area contributed by atoms with Crippen molar-refractivity contribution in [1.29, 1.82) is 5.26 Å². The molecule has 0 spiro atoms. The van der Waals surface area contributed by atoms with E-state index in [-0.39, 0.29) is 17.0 Å². The molecular formula is C12H10N2O3. The molecule has 1 aromatic rings. The van der Waals surface area contributed by atoms with Crippen molar-refractivity contribution in [3.8, 4) is 24.2 Å². The molecule has 0 aliphatic heterocycles. The van der Waals surface area contributed by atoms with Crippen LogP contribution in [0.5, 0.6) is 5.75 Å². The van der Waals surface area contributed by atoms with Gasteiger partial charge < -0.3 is 4.74 Å². The Morgan fingerprint density at radius 1 is 1.53 bits per heavy atom. The van der Waals surface area contributed by atoms with E-state index in [1.807, 2.05) is 0 Å². The molecule has 17 heavy (non-hydrogen) atoms. The summed E-state index contributed by atoms with van der Waals surface area (Å²) in [4.78, 5) is 10.1. The standard InChI is InChI=1S/C12H10N2O3/c1-4-12(2,3)17-10-6-5-9(8-13)11(7-10)14(15)16/h1,5-7H,2-3H3. The van der Waals surface area contributed by atoms with Crippen LogP contribution in [0, 0.1) is 33.8 Å². The van der Waals surface area contributed by atoms with Crippen molar-refractivity contribution in [2.24, 2.45) is 0 Å². The summed E-state index contributed by atoms with van der Waals surface area (Å²) in [6, 6.07) is 5.75. The van der Waals surface area contributed by atoms with Gasteiger partial charge in [-0.05, 0) is 26.0 Å². The Morgan fingerprint density at radius 3 is 2.65 bits per heavy atom. The second-order valence-electron chi connectivity index (χ2n) is 3.80. The van der Waals surface area contributed by atoms with Gasteiger partial charge >= 0.3 is 0 Å². The normalized spacial score (nSPS) is 10.1. The first-order valence-corrected chi connectivity index (χ1v) is 4.75. The minimum Gasteiger partial charge on any atom is -0.475 e. The van der Waals surface area contributed by atoms with Gasteiger partial charge in [0.15, 0.2) is 5.60 Å². The molecule has 0 aliphatic rings. The number of ether oxygens (including phenoxy) is 1. The molecule has 0 saturated carbocycles. The molecule has 1 rings (SSSR count). The predicted molar refractivity (Wildman–Crippen MR) is 61.4 cm³/mol. The first kappa shape index (κ1) is 12.5. The lowest BCUT2D eigenvalue weighted by molar-refractivity contribution is -0.385. The monoisotopic (exact) mass is 230 g/mol. The number of hydrogen-bond donors (Lipinski definition) is 0. The van der Waals surface area contributed by atoms with E-state index in [2.05, 4.69) is 5.92 Å². The van der Waals surface area contributed by atoms with Crippen LogP contribution >= 0.6 is 0 Å². The van der Waals surface area contributed by atoms with Gasteiger partial charge in [0.05, 0.1) is 11.0 Å². The first-order valence-electron chi connectivity index (χ1n) is 4.75. The third kappa shape index (κ3) is 2.96. The van der Waals surface area contributed by atoms with Gasteiger partial charge in [0.25, 0.3) is 5.69 Å². The molecule has 5 nitrogen and oxygen atoms in total. The van der Waals surface area contributed by atoms with Gasteiger partial charge in [0.1, 0.15) is 17.4 Å². The SMILES string of the molecule is C#CC(C)(C)Oc1ccc(C#N)c([N+](=O)[O-])c1. The number of rotatable bonds is 3. The highest BCUT2D eigenvalue weighted by Crippen LogP contribution is 2.26. The molecule has 0 amide bonds. The van der Waals surface area contributed by atoms with Gasteiger partial charge in [-0.1, -0.05) is 5.92 Å². The van der Waals surface area contributed by atoms with E-state index in [4.69, 9.17) is 16.4 Å². The van der Waals surface area contributed by atoms with Crippen LogP contribution in [0.1, 0.15) is 19.4 Å². The van der Waals surface area contributed by atoms with E-state index in [0.717, 1.165) is 0 Å². The summed E-state index contributed by atoms with van der Waals surface area (Å²) in [5, 5.41) is 19.4. The highest BCUT2D eigenvalue weighted by Gasteiger charge is 2.19. The summed E-state index contributed by atoms with van der Waals surface area (Å²) in [7, 11) is 0. The lowest BCUT2D eigenvalue weighted by Crippen LogP contribution is -2.25. The van der Waals surface area contributed by atoms with E-state index >= 15 is 0 Å². The zero-order chi connectivity index (χ0) is 13.1. The molecule has 0 radical (unpaired) electrons.